The predicted octanol–water partition coefficient (Wildman–Crippen LogP) is 1.85. The van der Waals surface area contributed by atoms with Crippen molar-refractivity contribution in [3.8, 4) is 0 Å². The molecule has 0 saturated heterocycles. The van der Waals surface area contributed by atoms with Crippen molar-refractivity contribution in [2.75, 3.05) is 0 Å². The molecule has 0 aromatic rings. The fourth-order valence-corrected chi connectivity index (χ4v) is 1.29. The average molecular weight is 192 g/mol. The van der Waals surface area contributed by atoms with Crippen molar-refractivity contribution in [1.82, 2.24) is 0 Å². The number of hydrogen-bond acceptors (Lipinski definition) is 1. The van der Waals surface area contributed by atoms with E-state index in [1.54, 1.807) is 0 Å². The summed E-state index contributed by atoms with van der Waals surface area (Å²) in [6, 6.07) is 0. The number of halogens is 3. The van der Waals surface area contributed by atoms with Gasteiger partial charge in [0.05, 0.1) is 5.84 Å². The molecule has 2 aliphatic carbocycles. The molecule has 0 aliphatic heterocycles. The third-order valence-corrected chi connectivity index (χ3v) is 2.59. The van der Waals surface area contributed by atoms with E-state index in [2.05, 4.69) is 4.99 Å². The third kappa shape index (κ3) is 1.51. The summed E-state index contributed by atoms with van der Waals surface area (Å²) in [7, 11) is 0. The topological polar surface area (TPSA) is 38.4 Å². The minimum absolute atomic E-state index is 0.101. The summed E-state index contributed by atoms with van der Waals surface area (Å²) in [5, 5.41) is 0. The first-order valence-electron chi connectivity index (χ1n) is 4.37. The molecule has 0 atom stereocenters. The smallest absolute Gasteiger partial charge is 0.387 e. The van der Waals surface area contributed by atoms with Gasteiger partial charge >= 0.3 is 6.18 Å². The highest BCUT2D eigenvalue weighted by molar-refractivity contribution is 5.85. The molecule has 5 heteroatoms. The predicted molar refractivity (Wildman–Crippen MR) is 42.4 cm³/mol. The zero-order chi connectivity index (χ0) is 9.69. The van der Waals surface area contributed by atoms with E-state index in [-0.39, 0.29) is 24.6 Å². The maximum absolute atomic E-state index is 12.4. The SMILES string of the molecule is NC(=NC1(C(F)(F)F)CC1)C1CC1. The van der Waals surface area contributed by atoms with E-state index in [4.69, 9.17) is 5.73 Å². The van der Waals surface area contributed by atoms with Crippen LogP contribution in [0.1, 0.15) is 25.7 Å². The van der Waals surface area contributed by atoms with Crippen LogP contribution in [0.5, 0.6) is 0 Å². The van der Waals surface area contributed by atoms with Crippen molar-refractivity contribution in [2.45, 2.75) is 37.4 Å². The van der Waals surface area contributed by atoms with Gasteiger partial charge in [0, 0.05) is 5.92 Å². The van der Waals surface area contributed by atoms with Crippen LogP contribution in [0.2, 0.25) is 0 Å². The molecule has 74 valence electrons. The Labute approximate surface area is 74.0 Å². The molecule has 2 N–H and O–H groups in total. The van der Waals surface area contributed by atoms with E-state index >= 15 is 0 Å². The van der Waals surface area contributed by atoms with E-state index < -0.39 is 11.7 Å². The van der Waals surface area contributed by atoms with Crippen molar-refractivity contribution in [2.24, 2.45) is 16.6 Å². The van der Waals surface area contributed by atoms with Crippen LogP contribution in [-0.4, -0.2) is 17.6 Å². The van der Waals surface area contributed by atoms with Gasteiger partial charge in [0.1, 0.15) is 0 Å². The second-order valence-electron chi connectivity index (χ2n) is 3.84. The van der Waals surface area contributed by atoms with Gasteiger partial charge in [-0.05, 0) is 25.7 Å². The molecule has 2 aliphatic rings. The van der Waals surface area contributed by atoms with Crippen molar-refractivity contribution in [3.63, 3.8) is 0 Å². The van der Waals surface area contributed by atoms with Gasteiger partial charge in [-0.25, -0.2) is 0 Å². The molecule has 0 unspecified atom stereocenters. The van der Waals surface area contributed by atoms with Crippen LogP contribution in [0.4, 0.5) is 13.2 Å². The summed E-state index contributed by atoms with van der Waals surface area (Å²) < 4.78 is 37.1. The molecule has 0 radical (unpaired) electrons. The number of rotatable bonds is 2. The van der Waals surface area contributed by atoms with Crippen LogP contribution in [0.15, 0.2) is 4.99 Å². The lowest BCUT2D eigenvalue weighted by atomic mass is 10.2. The summed E-state index contributed by atoms with van der Waals surface area (Å²) >= 11 is 0. The molecule has 2 rings (SSSR count). The Kier molecular flexibility index (Phi) is 1.63. The Balaban J connectivity index is 2.11. The molecule has 13 heavy (non-hydrogen) atoms. The van der Waals surface area contributed by atoms with Crippen LogP contribution in [-0.2, 0) is 0 Å². The van der Waals surface area contributed by atoms with Gasteiger partial charge in [-0.15, -0.1) is 0 Å². The zero-order valence-corrected chi connectivity index (χ0v) is 7.06. The van der Waals surface area contributed by atoms with Gasteiger partial charge in [0.2, 0.25) is 0 Å². The number of hydrogen-bond donors (Lipinski definition) is 1. The van der Waals surface area contributed by atoms with Gasteiger partial charge in [0.15, 0.2) is 5.54 Å². The molecular weight excluding hydrogens is 181 g/mol. The lowest BCUT2D eigenvalue weighted by molar-refractivity contribution is -0.155. The molecule has 0 aromatic heterocycles. The van der Waals surface area contributed by atoms with E-state index in [0.29, 0.717) is 0 Å². The average Bonchev–Trinajstić information content (AvgIpc) is 2.81. The Morgan fingerprint density at radius 3 is 2.15 bits per heavy atom. The van der Waals surface area contributed by atoms with E-state index in [0.717, 1.165) is 12.8 Å². The highest BCUT2D eigenvalue weighted by atomic mass is 19.4. The lowest BCUT2D eigenvalue weighted by Gasteiger charge is -2.15. The first-order chi connectivity index (χ1) is 5.95. The monoisotopic (exact) mass is 192 g/mol. The third-order valence-electron chi connectivity index (χ3n) is 2.59. The number of alkyl halides is 3. The van der Waals surface area contributed by atoms with Crippen molar-refractivity contribution in [1.29, 1.82) is 0 Å². The van der Waals surface area contributed by atoms with Gasteiger partial charge in [-0.3, -0.25) is 4.99 Å². The molecule has 0 amide bonds. The Hall–Kier alpha value is -0.740. The van der Waals surface area contributed by atoms with Crippen LogP contribution in [0.3, 0.4) is 0 Å². The zero-order valence-electron chi connectivity index (χ0n) is 7.06. The summed E-state index contributed by atoms with van der Waals surface area (Å²) in [6.07, 6.45) is -2.23. The fraction of sp³-hybridized carbons (Fsp3) is 0.875. The van der Waals surface area contributed by atoms with Crippen LogP contribution in [0, 0.1) is 5.92 Å². The van der Waals surface area contributed by atoms with Crippen LogP contribution in [0.25, 0.3) is 0 Å². The number of aliphatic imine (C=N–C) groups is 1. The Bertz CT molecular complexity index is 249. The number of nitrogens with zero attached hydrogens (tertiary/aromatic N) is 1. The van der Waals surface area contributed by atoms with Gasteiger partial charge in [-0.2, -0.15) is 13.2 Å². The Morgan fingerprint density at radius 1 is 1.31 bits per heavy atom. The molecule has 2 saturated carbocycles. The van der Waals surface area contributed by atoms with Gasteiger partial charge < -0.3 is 5.73 Å². The highest BCUT2D eigenvalue weighted by Crippen LogP contribution is 2.52. The summed E-state index contributed by atoms with van der Waals surface area (Å²) in [4.78, 5) is 3.62. The molecule has 0 heterocycles. The minimum atomic E-state index is -4.22. The maximum atomic E-state index is 12.4. The summed E-state index contributed by atoms with van der Waals surface area (Å²) in [5.41, 5.74) is 3.65. The molecule has 2 fully saturated rings. The van der Waals surface area contributed by atoms with Crippen molar-refractivity contribution in [3.05, 3.63) is 0 Å². The number of nitrogens with two attached hydrogens (primary N) is 1. The van der Waals surface area contributed by atoms with Crippen molar-refractivity contribution < 1.29 is 13.2 Å². The van der Waals surface area contributed by atoms with Gasteiger partial charge in [-0.1, -0.05) is 0 Å². The quantitative estimate of drug-likeness (QED) is 0.526. The molecule has 0 aromatic carbocycles. The highest BCUT2D eigenvalue weighted by Gasteiger charge is 2.64. The second-order valence-corrected chi connectivity index (χ2v) is 3.84. The summed E-state index contributed by atoms with van der Waals surface area (Å²) in [6.45, 7) is 0. The second kappa shape index (κ2) is 2.39. The maximum Gasteiger partial charge on any atom is 0.413 e. The van der Waals surface area contributed by atoms with Gasteiger partial charge in [0.25, 0.3) is 0 Å². The lowest BCUT2D eigenvalue weighted by Crippen LogP contribution is -2.32. The first kappa shape index (κ1) is 8.84. The number of amidine groups is 1. The minimum Gasteiger partial charge on any atom is -0.387 e. The summed E-state index contributed by atoms with van der Waals surface area (Å²) in [5.74, 6) is 0.328. The van der Waals surface area contributed by atoms with Crippen LogP contribution >= 0.6 is 0 Å². The standard InChI is InChI=1S/C8H11F3N2/c9-8(10,11)7(3-4-7)13-6(12)5-1-2-5/h5H,1-4H2,(H2,12,13). The molecular formula is C8H11F3N2. The van der Waals surface area contributed by atoms with Crippen LogP contribution < -0.4 is 5.73 Å². The van der Waals surface area contributed by atoms with E-state index in [1.165, 1.54) is 0 Å². The fourth-order valence-electron chi connectivity index (χ4n) is 1.29. The first-order valence-corrected chi connectivity index (χ1v) is 4.37. The molecule has 2 nitrogen and oxygen atoms in total. The van der Waals surface area contributed by atoms with Crippen molar-refractivity contribution >= 4 is 5.84 Å². The normalized spacial score (nSPS) is 27.5. The Morgan fingerprint density at radius 2 is 1.85 bits per heavy atom. The largest absolute Gasteiger partial charge is 0.413 e. The molecule has 0 spiro atoms. The van der Waals surface area contributed by atoms with E-state index in [1.807, 2.05) is 0 Å². The molecule has 0 bridgehead atoms. The van der Waals surface area contributed by atoms with E-state index in [9.17, 15) is 13.2 Å².